The largest absolute Gasteiger partial charge is 0.348 e. The van der Waals surface area contributed by atoms with Gasteiger partial charge < -0.3 is 5.32 Å². The molecule has 0 aliphatic rings. The van der Waals surface area contributed by atoms with Gasteiger partial charge in [0.25, 0.3) is 15.9 Å². The first kappa shape index (κ1) is 18.9. The Balaban J connectivity index is 1.75. The van der Waals surface area contributed by atoms with Crippen molar-refractivity contribution in [1.29, 1.82) is 0 Å². The highest BCUT2D eigenvalue weighted by Gasteiger charge is 2.16. The maximum absolute atomic E-state index is 12.6. The van der Waals surface area contributed by atoms with Crippen LogP contribution in [0.5, 0.6) is 0 Å². The first-order valence-electron chi connectivity index (χ1n) is 8.15. The van der Waals surface area contributed by atoms with E-state index in [9.17, 15) is 13.2 Å². The van der Waals surface area contributed by atoms with E-state index in [-0.39, 0.29) is 16.4 Å². The van der Waals surface area contributed by atoms with Gasteiger partial charge in [0.2, 0.25) is 0 Å². The molecule has 0 radical (unpaired) electrons. The summed E-state index contributed by atoms with van der Waals surface area (Å²) in [5.74, 6) is -0.348. The Morgan fingerprint density at radius 1 is 0.889 bits per heavy atom. The zero-order valence-electron chi connectivity index (χ0n) is 14.2. The molecule has 27 heavy (non-hydrogen) atoms. The van der Waals surface area contributed by atoms with Gasteiger partial charge in [0.05, 0.1) is 10.6 Å². The highest BCUT2D eigenvalue weighted by atomic mass is 35.5. The van der Waals surface area contributed by atoms with Gasteiger partial charge in [-0.05, 0) is 42.0 Å². The fourth-order valence-corrected chi connectivity index (χ4v) is 3.74. The second-order valence-electron chi connectivity index (χ2n) is 5.81. The van der Waals surface area contributed by atoms with E-state index in [0.29, 0.717) is 17.3 Å². The number of hydrogen-bond donors (Lipinski definition) is 2. The quantitative estimate of drug-likeness (QED) is 0.654. The highest BCUT2D eigenvalue weighted by Crippen LogP contribution is 2.20. The first-order chi connectivity index (χ1) is 12.9. The molecule has 3 aromatic rings. The van der Waals surface area contributed by atoms with E-state index >= 15 is 0 Å². The van der Waals surface area contributed by atoms with Gasteiger partial charge in [-0.25, -0.2) is 8.42 Å². The summed E-state index contributed by atoms with van der Waals surface area (Å²) in [5, 5.41) is 3.20. The molecule has 0 saturated carbocycles. The number of rotatable bonds is 6. The average molecular weight is 401 g/mol. The maximum Gasteiger partial charge on any atom is 0.261 e. The lowest BCUT2D eigenvalue weighted by Crippen LogP contribution is -2.23. The van der Waals surface area contributed by atoms with E-state index in [0.717, 1.165) is 5.56 Å². The standard InChI is InChI=1S/C20H17ClN2O3S/c21-17-9-5-10-18(13-17)23-27(25,26)19-11-4-8-16(12-19)20(24)22-14-15-6-2-1-3-7-15/h1-13,23H,14H2,(H,22,24). The van der Waals surface area contributed by atoms with Gasteiger partial charge in [-0.1, -0.05) is 54.1 Å². The average Bonchev–Trinajstić information content (AvgIpc) is 2.67. The molecule has 0 fully saturated rings. The monoisotopic (exact) mass is 400 g/mol. The molecule has 0 atom stereocenters. The molecule has 0 bridgehead atoms. The van der Waals surface area contributed by atoms with E-state index in [4.69, 9.17) is 11.6 Å². The molecule has 0 saturated heterocycles. The van der Waals surface area contributed by atoms with Crippen molar-refractivity contribution in [3.63, 3.8) is 0 Å². The summed E-state index contributed by atoms with van der Waals surface area (Å²) >= 11 is 5.88. The summed E-state index contributed by atoms with van der Waals surface area (Å²) < 4.78 is 27.6. The van der Waals surface area contributed by atoms with Crippen LogP contribution >= 0.6 is 11.6 Å². The summed E-state index contributed by atoms with van der Waals surface area (Å²) in [7, 11) is -3.84. The minimum atomic E-state index is -3.84. The molecular formula is C20H17ClN2O3S. The molecule has 138 valence electrons. The minimum absolute atomic E-state index is 0.00478. The molecule has 3 rings (SSSR count). The third kappa shape index (κ3) is 5.09. The van der Waals surface area contributed by atoms with Crippen molar-refractivity contribution in [3.05, 3.63) is 95.0 Å². The fraction of sp³-hybridized carbons (Fsp3) is 0.0500. The molecule has 0 unspecified atom stereocenters. The van der Waals surface area contributed by atoms with Crippen LogP contribution in [0.1, 0.15) is 15.9 Å². The lowest BCUT2D eigenvalue weighted by atomic mass is 10.2. The van der Waals surface area contributed by atoms with Crippen LogP contribution in [0.3, 0.4) is 0 Å². The van der Waals surface area contributed by atoms with Crippen molar-refractivity contribution in [2.45, 2.75) is 11.4 Å². The summed E-state index contributed by atoms with van der Waals surface area (Å²) in [6.07, 6.45) is 0. The molecular weight excluding hydrogens is 384 g/mol. The lowest BCUT2D eigenvalue weighted by Gasteiger charge is -2.10. The second-order valence-corrected chi connectivity index (χ2v) is 7.93. The van der Waals surface area contributed by atoms with Crippen molar-refractivity contribution in [3.8, 4) is 0 Å². The summed E-state index contributed by atoms with van der Waals surface area (Å²) in [6.45, 7) is 0.359. The predicted octanol–water partition coefficient (Wildman–Crippen LogP) is 4.07. The number of hydrogen-bond acceptors (Lipinski definition) is 3. The normalized spacial score (nSPS) is 11.0. The summed E-state index contributed by atoms with van der Waals surface area (Å²) in [6, 6.07) is 21.7. The first-order valence-corrected chi connectivity index (χ1v) is 10.0. The van der Waals surface area contributed by atoms with Crippen molar-refractivity contribution >= 4 is 33.2 Å². The zero-order valence-corrected chi connectivity index (χ0v) is 15.8. The van der Waals surface area contributed by atoms with Crippen molar-refractivity contribution in [1.82, 2.24) is 5.32 Å². The van der Waals surface area contributed by atoms with Crippen molar-refractivity contribution < 1.29 is 13.2 Å². The Hall–Kier alpha value is -2.83. The molecule has 3 aromatic carbocycles. The highest BCUT2D eigenvalue weighted by molar-refractivity contribution is 7.92. The number of amides is 1. The molecule has 1 amide bonds. The van der Waals surface area contributed by atoms with E-state index in [1.807, 2.05) is 30.3 Å². The van der Waals surface area contributed by atoms with Gasteiger partial charge in [-0.15, -0.1) is 0 Å². The maximum atomic E-state index is 12.6. The minimum Gasteiger partial charge on any atom is -0.348 e. The smallest absolute Gasteiger partial charge is 0.261 e. The molecule has 0 aliphatic heterocycles. The Morgan fingerprint density at radius 3 is 2.37 bits per heavy atom. The third-order valence-electron chi connectivity index (χ3n) is 3.78. The second kappa shape index (κ2) is 8.24. The van der Waals surface area contributed by atoms with Crippen LogP contribution in [-0.4, -0.2) is 14.3 Å². The van der Waals surface area contributed by atoms with Gasteiger partial charge >= 0.3 is 0 Å². The topological polar surface area (TPSA) is 75.3 Å². The number of anilines is 1. The van der Waals surface area contributed by atoms with E-state index < -0.39 is 10.0 Å². The molecule has 0 aromatic heterocycles. The van der Waals surface area contributed by atoms with Crippen LogP contribution in [0.25, 0.3) is 0 Å². The number of carbonyl (C=O) groups is 1. The molecule has 5 nitrogen and oxygen atoms in total. The number of sulfonamides is 1. The molecule has 0 heterocycles. The lowest BCUT2D eigenvalue weighted by molar-refractivity contribution is 0.0950. The van der Waals surface area contributed by atoms with Crippen LogP contribution in [0.2, 0.25) is 5.02 Å². The fourth-order valence-electron chi connectivity index (χ4n) is 2.45. The Labute approximate surface area is 163 Å². The molecule has 7 heteroatoms. The summed E-state index contributed by atoms with van der Waals surface area (Å²) in [5.41, 5.74) is 1.57. The van der Waals surface area contributed by atoms with Gasteiger partial charge in [-0.2, -0.15) is 0 Å². The van der Waals surface area contributed by atoms with Crippen LogP contribution in [0, 0.1) is 0 Å². The zero-order chi connectivity index (χ0) is 19.3. The van der Waals surface area contributed by atoms with Gasteiger partial charge in [0, 0.05) is 17.1 Å². The number of carbonyl (C=O) groups excluding carboxylic acids is 1. The SMILES string of the molecule is O=C(NCc1ccccc1)c1cccc(S(=O)(=O)Nc2cccc(Cl)c2)c1. The molecule has 2 N–H and O–H groups in total. The van der Waals surface area contributed by atoms with Crippen LogP contribution in [0.15, 0.2) is 83.8 Å². The van der Waals surface area contributed by atoms with Gasteiger partial charge in [0.1, 0.15) is 0 Å². The number of nitrogens with one attached hydrogen (secondary N) is 2. The van der Waals surface area contributed by atoms with Crippen LogP contribution in [0.4, 0.5) is 5.69 Å². The van der Waals surface area contributed by atoms with Crippen molar-refractivity contribution in [2.24, 2.45) is 0 Å². The van der Waals surface area contributed by atoms with E-state index in [2.05, 4.69) is 10.0 Å². The van der Waals surface area contributed by atoms with Gasteiger partial charge in [0.15, 0.2) is 0 Å². The third-order valence-corrected chi connectivity index (χ3v) is 5.39. The number of halogens is 1. The van der Waals surface area contributed by atoms with Crippen LogP contribution < -0.4 is 10.0 Å². The molecule has 0 aliphatic carbocycles. The van der Waals surface area contributed by atoms with Crippen LogP contribution in [-0.2, 0) is 16.6 Å². The van der Waals surface area contributed by atoms with Crippen molar-refractivity contribution in [2.75, 3.05) is 4.72 Å². The Kier molecular flexibility index (Phi) is 5.78. The molecule has 0 spiro atoms. The Morgan fingerprint density at radius 2 is 1.63 bits per heavy atom. The predicted molar refractivity (Wildman–Crippen MR) is 106 cm³/mol. The van der Waals surface area contributed by atoms with E-state index in [1.54, 1.807) is 24.3 Å². The van der Waals surface area contributed by atoms with Gasteiger partial charge in [-0.3, -0.25) is 9.52 Å². The Bertz CT molecular complexity index is 1050. The van der Waals surface area contributed by atoms with E-state index in [1.165, 1.54) is 24.3 Å². The number of benzene rings is 3. The summed E-state index contributed by atoms with van der Waals surface area (Å²) in [4.78, 5) is 12.4.